The third-order valence-corrected chi connectivity index (χ3v) is 8.04. The lowest BCUT2D eigenvalue weighted by Crippen LogP contribution is -2.44. The van der Waals surface area contributed by atoms with Gasteiger partial charge in [-0.05, 0) is 59.9 Å². The molecular formula is C29H30N2O8S. The van der Waals surface area contributed by atoms with Gasteiger partial charge in [-0.15, -0.1) is 0 Å². The van der Waals surface area contributed by atoms with E-state index in [4.69, 9.17) is 4.42 Å². The molecule has 4 aromatic rings. The number of hydrogen-bond acceptors (Lipinski definition) is 7. The Hall–Kier alpha value is -4.03. The van der Waals surface area contributed by atoms with Crippen molar-refractivity contribution in [3.63, 3.8) is 0 Å². The van der Waals surface area contributed by atoms with Crippen molar-refractivity contribution in [3.05, 3.63) is 83.6 Å². The zero-order valence-corrected chi connectivity index (χ0v) is 22.9. The Bertz CT molecular complexity index is 1640. The number of carbonyl (C=O) groups excluding carboxylic acids is 1. The standard InChI is InChI=1S/C29H30N2O8S/c1-16(2)26(29(35)36)31-40(37,38)21-13-9-19(10-14-21)18-7-11-20(12-8-18)30-28(34)27-17(3)25-22(23(33)15-32)5-4-6-24(25)39-27/h4-14,16,23,26,31-33H,15H2,1-3H3,(H,30,34)(H,35,36)/t23?,26-/m0/s1. The minimum Gasteiger partial charge on any atom is -0.480 e. The molecule has 0 saturated heterocycles. The van der Waals surface area contributed by atoms with Gasteiger partial charge in [0.15, 0.2) is 5.76 Å². The number of carbonyl (C=O) groups is 2. The molecule has 1 aromatic heterocycles. The van der Waals surface area contributed by atoms with Crippen molar-refractivity contribution in [2.24, 2.45) is 5.92 Å². The molecule has 0 radical (unpaired) electrons. The van der Waals surface area contributed by atoms with Crippen LogP contribution in [0.2, 0.25) is 0 Å². The van der Waals surface area contributed by atoms with Gasteiger partial charge in [-0.3, -0.25) is 9.59 Å². The largest absolute Gasteiger partial charge is 0.480 e. The molecule has 0 saturated carbocycles. The number of aliphatic carboxylic acids is 1. The van der Waals surface area contributed by atoms with E-state index in [9.17, 15) is 33.3 Å². The second-order valence-corrected chi connectivity index (χ2v) is 11.4. The van der Waals surface area contributed by atoms with Crippen LogP contribution >= 0.6 is 0 Å². The average molecular weight is 567 g/mol. The fourth-order valence-corrected chi connectivity index (χ4v) is 5.73. The van der Waals surface area contributed by atoms with Crippen molar-refractivity contribution in [3.8, 4) is 11.1 Å². The van der Waals surface area contributed by atoms with Crippen LogP contribution in [-0.4, -0.2) is 48.3 Å². The first-order valence-corrected chi connectivity index (χ1v) is 14.0. The van der Waals surface area contributed by atoms with Gasteiger partial charge in [0.1, 0.15) is 17.7 Å². The van der Waals surface area contributed by atoms with E-state index in [0.717, 1.165) is 11.1 Å². The predicted molar refractivity (Wildman–Crippen MR) is 149 cm³/mol. The summed E-state index contributed by atoms with van der Waals surface area (Å²) in [6.45, 7) is 4.49. The van der Waals surface area contributed by atoms with E-state index in [-0.39, 0.29) is 10.7 Å². The van der Waals surface area contributed by atoms with Crippen LogP contribution in [0.25, 0.3) is 22.1 Å². The SMILES string of the molecule is Cc1c(C(=O)Nc2ccc(-c3ccc(S(=O)(=O)N[C@H](C(=O)O)C(C)C)cc3)cc2)oc2cccc(C(O)CO)c12. The number of rotatable bonds is 10. The molecule has 210 valence electrons. The average Bonchev–Trinajstić information content (AvgIpc) is 3.28. The van der Waals surface area contributed by atoms with E-state index in [0.29, 0.717) is 27.8 Å². The summed E-state index contributed by atoms with van der Waals surface area (Å²) in [5.41, 5.74) is 3.43. The Kier molecular flexibility index (Phi) is 8.40. The number of nitrogens with one attached hydrogen (secondary N) is 2. The lowest BCUT2D eigenvalue weighted by molar-refractivity contribution is -0.140. The Labute approximate surface area is 231 Å². The number of carboxylic acids is 1. The lowest BCUT2D eigenvalue weighted by atomic mass is 10.0. The summed E-state index contributed by atoms with van der Waals surface area (Å²) >= 11 is 0. The number of aliphatic hydroxyl groups is 2. The number of benzene rings is 3. The molecule has 0 spiro atoms. The molecule has 0 aliphatic carbocycles. The van der Waals surface area contributed by atoms with Gasteiger partial charge in [0.25, 0.3) is 5.91 Å². The minimum absolute atomic E-state index is 0.0529. The zero-order valence-electron chi connectivity index (χ0n) is 22.1. The van der Waals surface area contributed by atoms with E-state index in [1.54, 1.807) is 75.4 Å². The van der Waals surface area contributed by atoms with E-state index >= 15 is 0 Å². The molecule has 0 aliphatic rings. The van der Waals surface area contributed by atoms with Gasteiger partial charge in [0, 0.05) is 16.6 Å². The van der Waals surface area contributed by atoms with E-state index in [1.165, 1.54) is 12.1 Å². The topological polar surface area (TPSA) is 166 Å². The summed E-state index contributed by atoms with van der Waals surface area (Å²) in [4.78, 5) is 24.3. The van der Waals surface area contributed by atoms with Gasteiger partial charge in [0.05, 0.1) is 11.5 Å². The Morgan fingerprint density at radius 2 is 1.55 bits per heavy atom. The highest BCUT2D eigenvalue weighted by Gasteiger charge is 2.28. The molecule has 1 heterocycles. The molecule has 5 N–H and O–H groups in total. The van der Waals surface area contributed by atoms with Crippen molar-refractivity contribution >= 4 is 38.6 Å². The molecule has 0 bridgehead atoms. The molecule has 0 fully saturated rings. The Morgan fingerprint density at radius 3 is 2.10 bits per heavy atom. The molecule has 11 heteroatoms. The molecular weight excluding hydrogens is 536 g/mol. The van der Waals surface area contributed by atoms with Crippen molar-refractivity contribution in [1.29, 1.82) is 0 Å². The summed E-state index contributed by atoms with van der Waals surface area (Å²) in [5, 5.41) is 32.2. The minimum atomic E-state index is -4.03. The third kappa shape index (κ3) is 5.92. The molecule has 4 rings (SSSR count). The van der Waals surface area contributed by atoms with Gasteiger partial charge in [0.2, 0.25) is 10.0 Å². The predicted octanol–water partition coefficient (Wildman–Crippen LogP) is 4.07. The fraction of sp³-hybridized carbons (Fsp3) is 0.241. The van der Waals surface area contributed by atoms with E-state index in [2.05, 4.69) is 10.0 Å². The maximum absolute atomic E-state index is 13.0. The van der Waals surface area contributed by atoms with Crippen molar-refractivity contribution in [2.45, 2.75) is 37.8 Å². The summed E-state index contributed by atoms with van der Waals surface area (Å²) < 4.78 is 33.3. The Balaban J connectivity index is 1.49. The van der Waals surface area contributed by atoms with Crippen LogP contribution in [0, 0.1) is 12.8 Å². The highest BCUT2D eigenvalue weighted by atomic mass is 32.2. The van der Waals surface area contributed by atoms with Gasteiger partial charge >= 0.3 is 5.97 Å². The van der Waals surface area contributed by atoms with Crippen molar-refractivity contribution < 1.29 is 37.7 Å². The number of amides is 1. The van der Waals surface area contributed by atoms with Gasteiger partial charge in [-0.25, -0.2) is 8.42 Å². The number of carboxylic acid groups (broad SMARTS) is 1. The number of hydrogen-bond donors (Lipinski definition) is 5. The van der Waals surface area contributed by atoms with Gasteiger partial charge in [-0.2, -0.15) is 4.72 Å². The number of aliphatic hydroxyl groups excluding tert-OH is 2. The van der Waals surface area contributed by atoms with Gasteiger partial charge in [-0.1, -0.05) is 50.2 Å². The first kappa shape index (κ1) is 29.0. The van der Waals surface area contributed by atoms with Crippen molar-refractivity contribution in [1.82, 2.24) is 4.72 Å². The molecule has 0 aliphatic heterocycles. The molecule has 1 unspecified atom stereocenters. The molecule has 40 heavy (non-hydrogen) atoms. The van der Waals surface area contributed by atoms with E-state index in [1.807, 2.05) is 0 Å². The monoisotopic (exact) mass is 566 g/mol. The van der Waals surface area contributed by atoms with Crippen LogP contribution in [0.15, 0.2) is 76.0 Å². The quantitative estimate of drug-likeness (QED) is 0.192. The summed E-state index contributed by atoms with van der Waals surface area (Å²) in [6.07, 6.45) is -1.10. The maximum Gasteiger partial charge on any atom is 0.322 e. The van der Waals surface area contributed by atoms with Crippen LogP contribution in [0.4, 0.5) is 5.69 Å². The summed E-state index contributed by atoms with van der Waals surface area (Å²) in [5.74, 6) is -2.07. The van der Waals surface area contributed by atoms with E-state index < -0.39 is 46.6 Å². The zero-order chi connectivity index (χ0) is 29.2. The normalized spacial score (nSPS) is 13.3. The summed E-state index contributed by atoms with van der Waals surface area (Å²) in [7, 11) is -4.03. The first-order valence-electron chi connectivity index (χ1n) is 12.5. The second kappa shape index (κ2) is 11.6. The molecule has 3 aromatic carbocycles. The number of furan rings is 1. The Morgan fingerprint density at radius 1 is 0.950 bits per heavy atom. The maximum atomic E-state index is 13.0. The van der Waals surface area contributed by atoms with Crippen molar-refractivity contribution in [2.75, 3.05) is 11.9 Å². The number of fused-ring (bicyclic) bond motifs is 1. The molecule has 1 amide bonds. The highest BCUT2D eigenvalue weighted by molar-refractivity contribution is 7.89. The van der Waals surface area contributed by atoms with Crippen LogP contribution < -0.4 is 10.0 Å². The third-order valence-electron chi connectivity index (χ3n) is 6.58. The highest BCUT2D eigenvalue weighted by Crippen LogP contribution is 2.32. The van der Waals surface area contributed by atoms with Crippen LogP contribution in [0.1, 0.15) is 41.6 Å². The molecule has 2 atom stereocenters. The number of aryl methyl sites for hydroxylation is 1. The number of anilines is 1. The fourth-order valence-electron chi connectivity index (χ4n) is 4.39. The smallest absolute Gasteiger partial charge is 0.322 e. The van der Waals surface area contributed by atoms with Crippen LogP contribution in [0.5, 0.6) is 0 Å². The van der Waals surface area contributed by atoms with Crippen LogP contribution in [0.3, 0.4) is 0 Å². The number of sulfonamides is 1. The summed E-state index contributed by atoms with van der Waals surface area (Å²) in [6, 6.07) is 16.7. The van der Waals surface area contributed by atoms with Crippen LogP contribution in [-0.2, 0) is 14.8 Å². The molecule has 10 nitrogen and oxygen atoms in total. The van der Waals surface area contributed by atoms with Gasteiger partial charge < -0.3 is 25.1 Å². The lowest BCUT2D eigenvalue weighted by Gasteiger charge is -2.18. The second-order valence-electron chi connectivity index (χ2n) is 9.71. The first-order chi connectivity index (χ1) is 18.9.